The van der Waals surface area contributed by atoms with Gasteiger partial charge in [0.2, 0.25) is 11.8 Å². The van der Waals surface area contributed by atoms with Gasteiger partial charge in [0.1, 0.15) is 11.5 Å². The number of amides is 2. The summed E-state index contributed by atoms with van der Waals surface area (Å²) in [7, 11) is 1.60. The minimum atomic E-state index is -0.345. The van der Waals surface area contributed by atoms with Gasteiger partial charge in [0.15, 0.2) is 0 Å². The molecule has 1 fully saturated rings. The zero-order valence-electron chi connectivity index (χ0n) is 18.1. The molecule has 166 valence electrons. The van der Waals surface area contributed by atoms with Crippen molar-refractivity contribution in [3.63, 3.8) is 0 Å². The number of carbonyl (C=O) groups is 2. The van der Waals surface area contributed by atoms with Crippen LogP contribution in [0.3, 0.4) is 0 Å². The molecule has 0 bridgehead atoms. The number of nitrogens with one attached hydrogen (secondary N) is 1. The summed E-state index contributed by atoms with van der Waals surface area (Å²) in [6.07, 6.45) is 3.19. The van der Waals surface area contributed by atoms with E-state index in [1.807, 2.05) is 59.5 Å². The molecule has 1 atom stereocenters. The van der Waals surface area contributed by atoms with Gasteiger partial charge in [0.25, 0.3) is 0 Å². The van der Waals surface area contributed by atoms with E-state index in [1.165, 1.54) is 0 Å². The van der Waals surface area contributed by atoms with Crippen molar-refractivity contribution >= 4 is 23.2 Å². The Balaban J connectivity index is 1.44. The van der Waals surface area contributed by atoms with Crippen molar-refractivity contribution in [3.8, 4) is 5.75 Å². The van der Waals surface area contributed by atoms with Crippen molar-refractivity contribution in [1.29, 1.82) is 0 Å². The second-order valence-electron chi connectivity index (χ2n) is 7.74. The highest BCUT2D eigenvalue weighted by atomic mass is 16.5. The van der Waals surface area contributed by atoms with Crippen molar-refractivity contribution in [1.82, 2.24) is 4.90 Å². The summed E-state index contributed by atoms with van der Waals surface area (Å²) >= 11 is 0. The van der Waals surface area contributed by atoms with E-state index in [4.69, 9.17) is 9.15 Å². The molecule has 0 spiro atoms. The number of rotatable bonds is 8. The van der Waals surface area contributed by atoms with E-state index in [2.05, 4.69) is 5.32 Å². The number of furan rings is 1. The van der Waals surface area contributed by atoms with Gasteiger partial charge in [-0.3, -0.25) is 14.5 Å². The lowest BCUT2D eigenvalue weighted by Gasteiger charge is -2.27. The summed E-state index contributed by atoms with van der Waals surface area (Å²) in [5, 5.41) is 2.96. The van der Waals surface area contributed by atoms with Gasteiger partial charge in [-0.25, -0.2) is 0 Å². The molecule has 1 N–H and O–H groups in total. The monoisotopic (exact) mass is 433 g/mol. The van der Waals surface area contributed by atoms with Crippen LogP contribution >= 0.6 is 0 Å². The molecule has 0 aliphatic carbocycles. The Morgan fingerprint density at radius 3 is 2.56 bits per heavy atom. The van der Waals surface area contributed by atoms with Crippen LogP contribution in [0.25, 0.3) is 0 Å². The van der Waals surface area contributed by atoms with E-state index in [-0.39, 0.29) is 24.4 Å². The van der Waals surface area contributed by atoms with Crippen molar-refractivity contribution in [2.45, 2.75) is 25.4 Å². The Kier molecular flexibility index (Phi) is 6.87. The molecule has 1 unspecified atom stereocenters. The minimum absolute atomic E-state index is 0.0725. The van der Waals surface area contributed by atoms with E-state index in [1.54, 1.807) is 30.4 Å². The maximum atomic E-state index is 13.3. The second-order valence-corrected chi connectivity index (χ2v) is 7.74. The largest absolute Gasteiger partial charge is 0.497 e. The molecular formula is C25H27N3O4. The van der Waals surface area contributed by atoms with Gasteiger partial charge in [-0.2, -0.15) is 0 Å². The number of likely N-dealkylation sites (tertiary alicyclic amines) is 1. The highest BCUT2D eigenvalue weighted by Crippen LogP contribution is 2.23. The van der Waals surface area contributed by atoms with Gasteiger partial charge in [-0.15, -0.1) is 0 Å². The first-order valence-electron chi connectivity index (χ1n) is 10.7. The van der Waals surface area contributed by atoms with E-state index in [9.17, 15) is 9.59 Å². The average molecular weight is 434 g/mol. The van der Waals surface area contributed by atoms with Gasteiger partial charge in [0.05, 0.1) is 32.5 Å². The number of benzene rings is 2. The standard InChI is InChI=1S/C25H27N3O4/c1-31-21-13-11-19(12-14-21)26-25(30)23-10-5-15-27(23)18-24(29)28(17-22-9-6-16-32-22)20-7-3-2-4-8-20/h2-4,6-9,11-14,16,23H,5,10,15,17-18H2,1H3,(H,26,30). The minimum Gasteiger partial charge on any atom is -0.497 e. The van der Waals surface area contributed by atoms with Gasteiger partial charge in [0, 0.05) is 11.4 Å². The molecule has 2 aromatic carbocycles. The molecular weight excluding hydrogens is 406 g/mol. The Morgan fingerprint density at radius 1 is 1.09 bits per heavy atom. The predicted molar refractivity (Wildman–Crippen MR) is 123 cm³/mol. The van der Waals surface area contributed by atoms with Crippen molar-refractivity contribution in [2.75, 3.05) is 30.4 Å². The lowest BCUT2D eigenvalue weighted by molar-refractivity contribution is -0.123. The van der Waals surface area contributed by atoms with Gasteiger partial charge >= 0.3 is 0 Å². The third-order valence-corrected chi connectivity index (χ3v) is 5.63. The molecule has 2 amide bonds. The summed E-state index contributed by atoms with van der Waals surface area (Å²) in [5.41, 5.74) is 1.50. The van der Waals surface area contributed by atoms with Gasteiger partial charge in [-0.1, -0.05) is 18.2 Å². The van der Waals surface area contributed by atoms with Crippen molar-refractivity contribution in [3.05, 3.63) is 78.8 Å². The van der Waals surface area contributed by atoms with Gasteiger partial charge in [-0.05, 0) is 67.9 Å². The maximum Gasteiger partial charge on any atom is 0.241 e. The maximum absolute atomic E-state index is 13.3. The van der Waals surface area contributed by atoms with E-state index < -0.39 is 0 Å². The number of para-hydroxylation sites is 1. The molecule has 1 saturated heterocycles. The van der Waals surface area contributed by atoms with Gasteiger partial charge < -0.3 is 19.4 Å². The molecule has 4 rings (SSSR count). The molecule has 7 heteroatoms. The molecule has 2 heterocycles. The number of nitrogens with zero attached hydrogens (tertiary/aromatic N) is 2. The first-order valence-corrected chi connectivity index (χ1v) is 10.7. The van der Waals surface area contributed by atoms with Crippen LogP contribution < -0.4 is 15.0 Å². The molecule has 1 aromatic heterocycles. The first-order chi connectivity index (χ1) is 15.6. The smallest absolute Gasteiger partial charge is 0.241 e. The number of hydrogen-bond donors (Lipinski definition) is 1. The highest BCUT2D eigenvalue weighted by molar-refractivity contribution is 5.97. The van der Waals surface area contributed by atoms with Crippen LogP contribution in [-0.2, 0) is 16.1 Å². The number of anilines is 2. The van der Waals surface area contributed by atoms with Crippen molar-refractivity contribution < 1.29 is 18.7 Å². The summed E-state index contributed by atoms with van der Waals surface area (Å²) in [6, 6.07) is 20.1. The van der Waals surface area contributed by atoms with E-state index >= 15 is 0 Å². The van der Waals surface area contributed by atoms with Crippen LogP contribution in [0, 0.1) is 0 Å². The quantitative estimate of drug-likeness (QED) is 0.583. The normalized spacial score (nSPS) is 16.0. The Hall–Kier alpha value is -3.58. The molecule has 32 heavy (non-hydrogen) atoms. The summed E-state index contributed by atoms with van der Waals surface area (Å²) < 4.78 is 10.6. The van der Waals surface area contributed by atoms with Crippen LogP contribution in [-0.4, -0.2) is 43.0 Å². The number of carbonyl (C=O) groups excluding carboxylic acids is 2. The lowest BCUT2D eigenvalue weighted by Crippen LogP contribution is -2.46. The molecule has 1 aliphatic heterocycles. The fourth-order valence-corrected chi connectivity index (χ4v) is 3.96. The van der Waals surface area contributed by atoms with Crippen LogP contribution in [0.4, 0.5) is 11.4 Å². The van der Waals surface area contributed by atoms with Crippen LogP contribution in [0.1, 0.15) is 18.6 Å². The Morgan fingerprint density at radius 2 is 1.88 bits per heavy atom. The fraction of sp³-hybridized carbons (Fsp3) is 0.280. The zero-order chi connectivity index (χ0) is 22.3. The highest BCUT2D eigenvalue weighted by Gasteiger charge is 2.33. The third kappa shape index (κ3) is 5.18. The van der Waals surface area contributed by atoms with E-state index in [0.29, 0.717) is 24.5 Å². The topological polar surface area (TPSA) is 75.0 Å². The molecule has 3 aromatic rings. The number of methoxy groups -OCH3 is 1. The molecule has 0 radical (unpaired) electrons. The van der Waals surface area contributed by atoms with Crippen LogP contribution in [0.5, 0.6) is 5.75 Å². The molecule has 0 saturated carbocycles. The van der Waals surface area contributed by atoms with E-state index in [0.717, 1.165) is 24.3 Å². The summed E-state index contributed by atoms with van der Waals surface area (Å²) in [6.45, 7) is 1.21. The van der Waals surface area contributed by atoms with Crippen LogP contribution in [0.2, 0.25) is 0 Å². The average Bonchev–Trinajstić information content (AvgIpc) is 3.50. The SMILES string of the molecule is COc1ccc(NC(=O)C2CCCN2CC(=O)N(Cc2ccco2)c2ccccc2)cc1. The predicted octanol–water partition coefficient (Wildman–Crippen LogP) is 3.92. The number of ether oxygens (including phenoxy) is 1. The number of hydrogen-bond acceptors (Lipinski definition) is 5. The zero-order valence-corrected chi connectivity index (χ0v) is 18.1. The Labute approximate surface area is 187 Å². The summed E-state index contributed by atoms with van der Waals surface area (Å²) in [5.74, 6) is 1.26. The van der Waals surface area contributed by atoms with Crippen molar-refractivity contribution in [2.24, 2.45) is 0 Å². The molecule has 1 aliphatic rings. The summed E-state index contributed by atoms with van der Waals surface area (Å²) in [4.78, 5) is 29.9. The van der Waals surface area contributed by atoms with Crippen LogP contribution in [0.15, 0.2) is 77.4 Å². The fourth-order valence-electron chi connectivity index (χ4n) is 3.96. The second kappa shape index (κ2) is 10.2. The third-order valence-electron chi connectivity index (χ3n) is 5.63. The lowest BCUT2D eigenvalue weighted by atomic mass is 10.2. The first kappa shape index (κ1) is 21.6. The molecule has 7 nitrogen and oxygen atoms in total. The Bertz CT molecular complexity index is 1020.